The van der Waals surface area contributed by atoms with Gasteiger partial charge in [-0.2, -0.15) is 8.42 Å². The van der Waals surface area contributed by atoms with E-state index in [1.54, 1.807) is 18.2 Å². The number of hydrogen-bond donors (Lipinski definition) is 1. The first-order valence-electron chi connectivity index (χ1n) is 11.5. The molecule has 0 aliphatic heterocycles. The Hall–Kier alpha value is -0.414. The van der Waals surface area contributed by atoms with Crippen molar-refractivity contribution in [1.29, 1.82) is 0 Å². The maximum absolute atomic E-state index is 11.5. The van der Waals surface area contributed by atoms with Gasteiger partial charge in [-0.05, 0) is 36.6 Å². The molecule has 0 heterocycles. The van der Waals surface area contributed by atoms with Gasteiger partial charge in [0.05, 0.1) is 4.90 Å². The second-order valence-electron chi connectivity index (χ2n) is 8.10. The fraction of sp³-hybridized carbons (Fsp3) is 0.520. The molecule has 0 bridgehead atoms. The minimum Gasteiger partial charge on any atom is -0.872 e. The molecule has 0 unspecified atom stereocenters. The Morgan fingerprint density at radius 1 is 0.812 bits per heavy atom. The van der Waals surface area contributed by atoms with Crippen LogP contribution in [-0.2, 0) is 16.5 Å². The summed E-state index contributed by atoms with van der Waals surface area (Å²) in [6.45, 7) is 2.24. The van der Waals surface area contributed by atoms with Gasteiger partial charge >= 0.3 is 51.4 Å². The number of rotatable bonds is 15. The Bertz CT molecular complexity index is 882. The van der Waals surface area contributed by atoms with Crippen molar-refractivity contribution in [3.05, 3.63) is 48.0 Å². The monoisotopic (exact) mass is 486 g/mol. The fourth-order valence-electron chi connectivity index (χ4n) is 3.61. The van der Waals surface area contributed by atoms with E-state index in [2.05, 4.69) is 6.92 Å². The smallest absolute Gasteiger partial charge is 0.872 e. The summed E-state index contributed by atoms with van der Waals surface area (Å²) in [5, 5.41) is 11.3. The van der Waals surface area contributed by atoms with E-state index >= 15 is 0 Å². The molecule has 0 saturated heterocycles. The number of unbranched alkanes of at least 4 members (excludes halogenated alkanes) is 10. The van der Waals surface area contributed by atoms with E-state index in [1.807, 2.05) is 0 Å². The number of benzene rings is 2. The van der Waals surface area contributed by atoms with Crippen molar-refractivity contribution in [2.45, 2.75) is 88.9 Å². The zero-order valence-electron chi connectivity index (χ0n) is 19.5. The molecular weight excluding hydrogens is 451 g/mol. The molecule has 0 atom stereocenters. The zero-order valence-corrected chi connectivity index (χ0v) is 23.5. The molecule has 2 aromatic carbocycles. The summed E-state index contributed by atoms with van der Waals surface area (Å²) in [4.78, 5) is -0.203. The standard InChI is InChI=1S/C25H36O5S.K/c1-2-3-4-5-6-7-8-9-10-11-12-13-21-14-19-24(31(27,28)29)20-25(21)30-23-17-15-22(26)16-18-23;/h14-20,26H,2-13H2,1H3,(H,27,28,29);/q;+1/p-1. The van der Waals surface area contributed by atoms with Crippen molar-refractivity contribution in [1.82, 2.24) is 0 Å². The van der Waals surface area contributed by atoms with Crippen molar-refractivity contribution in [3.63, 3.8) is 0 Å². The van der Waals surface area contributed by atoms with Crippen LogP contribution in [0.3, 0.4) is 0 Å². The van der Waals surface area contributed by atoms with Gasteiger partial charge in [0.15, 0.2) is 0 Å². The molecule has 0 aliphatic rings. The SMILES string of the molecule is CCCCCCCCCCCCCc1ccc(S(=O)(=O)O)cc1Oc1ccc([O-])cc1.[K+]. The van der Waals surface area contributed by atoms with Crippen LogP contribution in [-0.4, -0.2) is 13.0 Å². The summed E-state index contributed by atoms with van der Waals surface area (Å²) >= 11 is 0. The van der Waals surface area contributed by atoms with Crippen LogP contribution in [0.15, 0.2) is 47.4 Å². The first kappa shape index (κ1) is 29.6. The molecule has 0 aromatic heterocycles. The van der Waals surface area contributed by atoms with E-state index in [0.717, 1.165) is 24.8 Å². The molecule has 0 fully saturated rings. The predicted octanol–water partition coefficient (Wildman–Crippen LogP) is 3.66. The predicted molar refractivity (Wildman–Crippen MR) is 122 cm³/mol. The molecule has 0 aliphatic carbocycles. The Morgan fingerprint density at radius 2 is 1.34 bits per heavy atom. The summed E-state index contributed by atoms with van der Waals surface area (Å²) in [6.07, 6.45) is 14.6. The molecule has 1 N–H and O–H groups in total. The average Bonchev–Trinajstić information content (AvgIpc) is 2.73. The van der Waals surface area contributed by atoms with Gasteiger partial charge in [0, 0.05) is 6.07 Å². The topological polar surface area (TPSA) is 86.7 Å². The molecule has 2 aromatic rings. The van der Waals surface area contributed by atoms with Gasteiger partial charge in [0.1, 0.15) is 11.5 Å². The first-order chi connectivity index (χ1) is 14.9. The molecule has 172 valence electrons. The molecule has 2 rings (SSSR count). The Balaban J connectivity index is 0.00000512. The minimum atomic E-state index is -4.32. The largest absolute Gasteiger partial charge is 1.00 e. The second-order valence-corrected chi connectivity index (χ2v) is 9.53. The molecule has 5 nitrogen and oxygen atoms in total. The van der Waals surface area contributed by atoms with Crippen LogP contribution in [0.25, 0.3) is 0 Å². The molecule has 0 radical (unpaired) electrons. The van der Waals surface area contributed by atoms with Gasteiger partial charge in [-0.15, -0.1) is 5.75 Å². The summed E-state index contributed by atoms with van der Waals surface area (Å²) < 4.78 is 38.2. The van der Waals surface area contributed by atoms with Gasteiger partial charge in [-0.1, -0.05) is 89.3 Å². The second kappa shape index (κ2) is 16.3. The van der Waals surface area contributed by atoms with Gasteiger partial charge in [0.25, 0.3) is 10.1 Å². The molecule has 32 heavy (non-hydrogen) atoms. The summed E-state index contributed by atoms with van der Waals surface area (Å²) in [7, 11) is -4.32. The number of ether oxygens (including phenoxy) is 1. The van der Waals surface area contributed by atoms with Crippen LogP contribution in [0.2, 0.25) is 0 Å². The average molecular weight is 487 g/mol. The maximum atomic E-state index is 11.5. The van der Waals surface area contributed by atoms with E-state index in [-0.39, 0.29) is 62.0 Å². The van der Waals surface area contributed by atoms with Crippen molar-refractivity contribution >= 4 is 10.1 Å². The molecule has 0 spiro atoms. The van der Waals surface area contributed by atoms with E-state index in [1.165, 1.54) is 82.1 Å². The third-order valence-corrected chi connectivity index (χ3v) is 6.29. The van der Waals surface area contributed by atoms with Crippen LogP contribution in [0.1, 0.15) is 83.1 Å². The van der Waals surface area contributed by atoms with Crippen LogP contribution >= 0.6 is 0 Å². The van der Waals surface area contributed by atoms with Crippen molar-refractivity contribution in [2.75, 3.05) is 0 Å². The third kappa shape index (κ3) is 11.6. The van der Waals surface area contributed by atoms with Gasteiger partial charge in [-0.25, -0.2) is 0 Å². The number of aryl methyl sites for hydroxylation is 1. The van der Waals surface area contributed by atoms with E-state index in [4.69, 9.17) is 4.74 Å². The van der Waals surface area contributed by atoms with Crippen molar-refractivity contribution in [3.8, 4) is 17.2 Å². The Kier molecular flexibility index (Phi) is 15.0. The van der Waals surface area contributed by atoms with Crippen molar-refractivity contribution < 1.29 is 74.2 Å². The Morgan fingerprint density at radius 3 is 1.88 bits per heavy atom. The third-order valence-electron chi connectivity index (χ3n) is 5.44. The van der Waals surface area contributed by atoms with Crippen LogP contribution in [0, 0.1) is 0 Å². The minimum absolute atomic E-state index is 0. The van der Waals surface area contributed by atoms with Crippen LogP contribution in [0.5, 0.6) is 17.2 Å². The summed E-state index contributed by atoms with van der Waals surface area (Å²) in [5.74, 6) is 0.716. The van der Waals surface area contributed by atoms with Gasteiger partial charge in [-0.3, -0.25) is 4.55 Å². The number of hydrogen-bond acceptors (Lipinski definition) is 4. The summed E-state index contributed by atoms with van der Waals surface area (Å²) in [5.41, 5.74) is 0.884. The maximum Gasteiger partial charge on any atom is 1.00 e. The summed E-state index contributed by atoms with van der Waals surface area (Å²) in [6, 6.07) is 10.3. The fourth-order valence-corrected chi connectivity index (χ4v) is 4.11. The van der Waals surface area contributed by atoms with Gasteiger partial charge in [0.2, 0.25) is 0 Å². The van der Waals surface area contributed by atoms with Crippen LogP contribution in [0.4, 0.5) is 0 Å². The normalized spacial score (nSPS) is 11.2. The van der Waals surface area contributed by atoms with Gasteiger partial charge < -0.3 is 9.84 Å². The molecule has 0 saturated carbocycles. The first-order valence-corrected chi connectivity index (χ1v) is 12.9. The molecule has 0 amide bonds. The zero-order chi connectivity index (χ0) is 22.5. The van der Waals surface area contributed by atoms with E-state index in [0.29, 0.717) is 11.5 Å². The van der Waals surface area contributed by atoms with Crippen molar-refractivity contribution in [2.24, 2.45) is 0 Å². The molecule has 7 heteroatoms. The van der Waals surface area contributed by atoms with Crippen LogP contribution < -0.4 is 61.2 Å². The quantitative estimate of drug-likeness (QED) is 0.236. The van der Waals surface area contributed by atoms with E-state index in [9.17, 15) is 18.1 Å². The molecular formula is C25H35KO5S. The van der Waals surface area contributed by atoms with E-state index < -0.39 is 10.1 Å². The Labute approximate surface area is 236 Å².